The summed E-state index contributed by atoms with van der Waals surface area (Å²) in [6.07, 6.45) is 0. The number of benzene rings is 1. The van der Waals surface area contributed by atoms with Gasteiger partial charge in [0.1, 0.15) is 11.3 Å². The minimum absolute atomic E-state index is 0.117. The summed E-state index contributed by atoms with van der Waals surface area (Å²) >= 11 is 0. The van der Waals surface area contributed by atoms with Crippen molar-refractivity contribution in [2.24, 2.45) is 0 Å². The van der Waals surface area contributed by atoms with Crippen LogP contribution in [0.25, 0.3) is 0 Å². The molecule has 1 aliphatic heterocycles. The smallest absolute Gasteiger partial charge is 0.251 e. The third-order valence-corrected chi connectivity index (χ3v) is 3.31. The van der Waals surface area contributed by atoms with Gasteiger partial charge in [-0.2, -0.15) is 0 Å². The lowest BCUT2D eigenvalue weighted by Gasteiger charge is -2.41. The molecule has 19 heavy (non-hydrogen) atoms. The molecular formula is C13H17N3O3. The Bertz CT molecular complexity index is 540. The zero-order valence-electron chi connectivity index (χ0n) is 11.2. The van der Waals surface area contributed by atoms with E-state index < -0.39 is 5.54 Å². The van der Waals surface area contributed by atoms with Crippen molar-refractivity contribution in [1.82, 2.24) is 5.32 Å². The van der Waals surface area contributed by atoms with Gasteiger partial charge in [-0.1, -0.05) is 0 Å². The molecule has 1 fully saturated rings. The fraction of sp³-hybridized carbons (Fsp3) is 0.385. The molecule has 6 nitrogen and oxygen atoms in total. The zero-order valence-corrected chi connectivity index (χ0v) is 11.2. The standard InChI is InChI=1S/C13H17N3O3/c1-13(2)12(18)15-11(17)7-16(13)8-4-5-9(14)10(6-8)19-3/h4-6H,7,14H2,1-3H3,(H,15,17,18). The molecule has 1 aliphatic rings. The van der Waals surface area contributed by atoms with E-state index in [4.69, 9.17) is 10.5 Å². The second-order valence-electron chi connectivity index (χ2n) is 4.95. The molecule has 6 heteroatoms. The summed E-state index contributed by atoms with van der Waals surface area (Å²) in [7, 11) is 1.52. The Kier molecular flexibility index (Phi) is 3.09. The molecule has 0 radical (unpaired) electrons. The van der Waals surface area contributed by atoms with E-state index in [2.05, 4.69) is 5.32 Å². The van der Waals surface area contributed by atoms with Gasteiger partial charge in [0.25, 0.3) is 5.91 Å². The van der Waals surface area contributed by atoms with E-state index in [1.54, 1.807) is 36.9 Å². The number of hydrogen-bond donors (Lipinski definition) is 2. The van der Waals surface area contributed by atoms with Crippen LogP contribution in [0.4, 0.5) is 11.4 Å². The number of methoxy groups -OCH3 is 1. The lowest BCUT2D eigenvalue weighted by atomic mass is 9.97. The van der Waals surface area contributed by atoms with Crippen molar-refractivity contribution >= 4 is 23.2 Å². The van der Waals surface area contributed by atoms with Gasteiger partial charge < -0.3 is 15.4 Å². The molecule has 2 rings (SSSR count). The predicted octanol–water partition coefficient (Wildman–Crippen LogP) is 0.519. The number of nitrogen functional groups attached to an aromatic ring is 1. The second kappa shape index (κ2) is 4.46. The van der Waals surface area contributed by atoms with Gasteiger partial charge in [-0.25, -0.2) is 0 Å². The van der Waals surface area contributed by atoms with Crippen molar-refractivity contribution in [1.29, 1.82) is 0 Å². The summed E-state index contributed by atoms with van der Waals surface area (Å²) in [6.45, 7) is 3.64. The molecule has 3 N–H and O–H groups in total. The number of amides is 2. The van der Waals surface area contributed by atoms with Crippen LogP contribution in [0.1, 0.15) is 13.8 Å². The summed E-state index contributed by atoms with van der Waals surface area (Å²) < 4.78 is 5.16. The maximum absolute atomic E-state index is 11.9. The van der Waals surface area contributed by atoms with Crippen molar-refractivity contribution in [3.05, 3.63) is 18.2 Å². The molecule has 0 unspecified atom stereocenters. The van der Waals surface area contributed by atoms with Crippen molar-refractivity contribution in [2.75, 3.05) is 24.3 Å². The van der Waals surface area contributed by atoms with E-state index in [-0.39, 0.29) is 18.4 Å². The number of nitrogens with zero attached hydrogens (tertiary/aromatic N) is 1. The van der Waals surface area contributed by atoms with Crippen LogP contribution in [0.3, 0.4) is 0 Å². The summed E-state index contributed by atoms with van der Waals surface area (Å²) in [6, 6.07) is 5.19. The first-order valence-corrected chi connectivity index (χ1v) is 5.91. The van der Waals surface area contributed by atoms with Crippen LogP contribution in [-0.4, -0.2) is 31.0 Å². The number of piperazine rings is 1. The van der Waals surface area contributed by atoms with Crippen molar-refractivity contribution in [2.45, 2.75) is 19.4 Å². The summed E-state index contributed by atoms with van der Waals surface area (Å²) in [4.78, 5) is 25.2. The number of imide groups is 1. The van der Waals surface area contributed by atoms with Gasteiger partial charge in [-0.05, 0) is 26.0 Å². The predicted molar refractivity (Wildman–Crippen MR) is 72.0 cm³/mol. The van der Waals surface area contributed by atoms with Gasteiger partial charge in [0.15, 0.2) is 0 Å². The lowest BCUT2D eigenvalue weighted by molar-refractivity contribution is -0.135. The number of carbonyl (C=O) groups excluding carboxylic acids is 2. The van der Waals surface area contributed by atoms with E-state index in [1.165, 1.54) is 7.11 Å². The highest BCUT2D eigenvalue weighted by molar-refractivity contribution is 6.06. The fourth-order valence-corrected chi connectivity index (χ4v) is 2.06. The average Bonchev–Trinajstić information content (AvgIpc) is 2.35. The van der Waals surface area contributed by atoms with Crippen molar-refractivity contribution in [3.8, 4) is 5.75 Å². The highest BCUT2D eigenvalue weighted by Crippen LogP contribution is 2.32. The molecule has 102 valence electrons. The SMILES string of the molecule is COc1cc(N2CC(=O)NC(=O)C2(C)C)ccc1N. The van der Waals surface area contributed by atoms with Gasteiger partial charge in [0, 0.05) is 11.8 Å². The third kappa shape index (κ3) is 2.21. The summed E-state index contributed by atoms with van der Waals surface area (Å²) in [5.41, 5.74) is 6.18. The molecule has 1 aromatic carbocycles. The first-order valence-electron chi connectivity index (χ1n) is 5.91. The van der Waals surface area contributed by atoms with Crippen molar-refractivity contribution in [3.63, 3.8) is 0 Å². The number of nitrogens with two attached hydrogens (primary N) is 1. The number of carbonyl (C=O) groups is 2. The summed E-state index contributed by atoms with van der Waals surface area (Å²) in [5, 5.41) is 2.33. The molecule has 0 aliphatic carbocycles. The molecule has 0 bridgehead atoms. The summed E-state index contributed by atoms with van der Waals surface area (Å²) in [5.74, 6) is -0.119. The molecule has 2 amide bonds. The lowest BCUT2D eigenvalue weighted by Crippen LogP contribution is -2.64. The Morgan fingerprint density at radius 2 is 2.05 bits per heavy atom. The minimum Gasteiger partial charge on any atom is -0.495 e. The normalized spacial score (nSPS) is 18.2. The van der Waals surface area contributed by atoms with Crippen molar-refractivity contribution < 1.29 is 14.3 Å². The van der Waals surface area contributed by atoms with Crippen LogP contribution in [-0.2, 0) is 9.59 Å². The van der Waals surface area contributed by atoms with Gasteiger partial charge in [-0.3, -0.25) is 14.9 Å². The van der Waals surface area contributed by atoms with Crippen LogP contribution in [0, 0.1) is 0 Å². The van der Waals surface area contributed by atoms with E-state index in [9.17, 15) is 9.59 Å². The molecule has 1 saturated heterocycles. The minimum atomic E-state index is -0.810. The number of hydrogen-bond acceptors (Lipinski definition) is 5. The van der Waals surface area contributed by atoms with E-state index in [0.717, 1.165) is 5.69 Å². The average molecular weight is 263 g/mol. The molecule has 0 saturated carbocycles. The highest BCUT2D eigenvalue weighted by atomic mass is 16.5. The Labute approximate surface area is 111 Å². The molecule has 1 heterocycles. The first kappa shape index (κ1) is 13.2. The quantitative estimate of drug-likeness (QED) is 0.600. The van der Waals surface area contributed by atoms with Gasteiger partial charge >= 0.3 is 0 Å². The third-order valence-electron chi connectivity index (χ3n) is 3.31. The zero-order chi connectivity index (χ0) is 14.2. The van der Waals surface area contributed by atoms with Crippen LogP contribution in [0.5, 0.6) is 5.75 Å². The molecular weight excluding hydrogens is 246 g/mol. The highest BCUT2D eigenvalue weighted by Gasteiger charge is 2.41. The van der Waals surface area contributed by atoms with Crippen LogP contribution in [0.15, 0.2) is 18.2 Å². The Hall–Kier alpha value is -2.24. The molecule has 1 aromatic rings. The van der Waals surface area contributed by atoms with E-state index >= 15 is 0 Å². The monoisotopic (exact) mass is 263 g/mol. The Morgan fingerprint density at radius 1 is 1.37 bits per heavy atom. The van der Waals surface area contributed by atoms with Crippen LogP contribution < -0.4 is 20.7 Å². The number of anilines is 2. The number of ether oxygens (including phenoxy) is 1. The van der Waals surface area contributed by atoms with Gasteiger partial charge in [-0.15, -0.1) is 0 Å². The first-order chi connectivity index (χ1) is 8.86. The van der Waals surface area contributed by atoms with Gasteiger partial charge in [0.05, 0.1) is 19.3 Å². The molecule has 0 aromatic heterocycles. The van der Waals surface area contributed by atoms with E-state index in [0.29, 0.717) is 11.4 Å². The Balaban J connectivity index is 2.44. The maximum Gasteiger partial charge on any atom is 0.251 e. The Morgan fingerprint density at radius 3 is 2.68 bits per heavy atom. The largest absolute Gasteiger partial charge is 0.495 e. The molecule has 0 spiro atoms. The fourth-order valence-electron chi connectivity index (χ4n) is 2.06. The molecule has 0 atom stereocenters. The second-order valence-corrected chi connectivity index (χ2v) is 4.95. The number of nitrogens with one attached hydrogen (secondary N) is 1. The number of rotatable bonds is 2. The topological polar surface area (TPSA) is 84.7 Å². The maximum atomic E-state index is 11.9. The van der Waals surface area contributed by atoms with E-state index in [1.807, 2.05) is 0 Å². The van der Waals surface area contributed by atoms with Crippen LogP contribution >= 0.6 is 0 Å². The van der Waals surface area contributed by atoms with Crippen LogP contribution in [0.2, 0.25) is 0 Å². The van der Waals surface area contributed by atoms with Gasteiger partial charge in [0.2, 0.25) is 5.91 Å².